The molecule has 1 aromatic heterocycles. The quantitative estimate of drug-likeness (QED) is 0.627. The van der Waals surface area contributed by atoms with E-state index in [0.717, 1.165) is 6.07 Å². The molecule has 1 heterocycles. The molecule has 0 saturated heterocycles. The van der Waals surface area contributed by atoms with Crippen LogP contribution in [0.25, 0.3) is 10.2 Å². The lowest BCUT2D eigenvalue weighted by molar-refractivity contribution is -0.0499. The molecule has 4 nitrogen and oxygen atoms in total. The smallest absolute Gasteiger partial charge is 0.374 e. The van der Waals surface area contributed by atoms with E-state index >= 15 is 0 Å². The summed E-state index contributed by atoms with van der Waals surface area (Å²) in [6, 6.07) is 4.10. The number of benzene rings is 1. The molecule has 0 aliphatic rings. The first-order valence-corrected chi connectivity index (χ1v) is 6.43. The minimum atomic E-state index is -5.66. The fourth-order valence-electron chi connectivity index (χ4n) is 1.09. The van der Waals surface area contributed by atoms with Gasteiger partial charge in [0.25, 0.3) is 0 Å². The summed E-state index contributed by atoms with van der Waals surface area (Å²) < 4.78 is 62.5. The van der Waals surface area contributed by atoms with Crippen molar-refractivity contribution < 1.29 is 25.8 Å². The molecule has 2 aromatic rings. The van der Waals surface area contributed by atoms with Crippen LogP contribution in [-0.2, 0) is 10.1 Å². The molecular formula is C8H4F3NO3S2. The third-order valence-corrected chi connectivity index (χ3v) is 3.57. The molecular weight excluding hydrogens is 279 g/mol. The molecule has 0 bridgehead atoms. The fourth-order valence-corrected chi connectivity index (χ4v) is 2.25. The molecule has 0 radical (unpaired) electrons. The van der Waals surface area contributed by atoms with E-state index in [1.807, 2.05) is 0 Å². The van der Waals surface area contributed by atoms with E-state index in [-0.39, 0.29) is 5.52 Å². The zero-order valence-corrected chi connectivity index (χ0v) is 9.56. The summed E-state index contributed by atoms with van der Waals surface area (Å²) in [5, 5.41) is 0. The highest BCUT2D eigenvalue weighted by atomic mass is 32.2. The second-order valence-electron chi connectivity index (χ2n) is 2.94. The molecule has 1 aromatic carbocycles. The van der Waals surface area contributed by atoms with Gasteiger partial charge in [0.1, 0.15) is 5.52 Å². The topological polar surface area (TPSA) is 56.3 Å². The second kappa shape index (κ2) is 3.84. The van der Waals surface area contributed by atoms with E-state index in [2.05, 4.69) is 9.17 Å². The van der Waals surface area contributed by atoms with E-state index < -0.39 is 21.4 Å². The molecule has 0 fully saturated rings. The number of nitrogens with zero attached hydrogens (tertiary/aromatic N) is 1. The van der Waals surface area contributed by atoms with Gasteiger partial charge in [-0.25, -0.2) is 4.98 Å². The predicted octanol–water partition coefficient (Wildman–Crippen LogP) is 2.52. The zero-order chi connectivity index (χ0) is 12.7. The lowest BCUT2D eigenvalue weighted by Gasteiger charge is -2.09. The Labute approximate surface area is 97.8 Å². The van der Waals surface area contributed by atoms with E-state index in [1.165, 1.54) is 22.9 Å². The van der Waals surface area contributed by atoms with Gasteiger partial charge >= 0.3 is 15.6 Å². The maximum Gasteiger partial charge on any atom is 0.534 e. The number of hydrogen-bond donors (Lipinski definition) is 0. The summed E-state index contributed by atoms with van der Waals surface area (Å²) in [5.74, 6) is -0.430. The van der Waals surface area contributed by atoms with Crippen LogP contribution in [-0.4, -0.2) is 18.9 Å². The number of para-hydroxylation sites is 1. The van der Waals surface area contributed by atoms with Crippen LogP contribution in [0.5, 0.6) is 5.75 Å². The van der Waals surface area contributed by atoms with Crippen LogP contribution in [0.3, 0.4) is 0 Å². The summed E-state index contributed by atoms with van der Waals surface area (Å²) in [5.41, 5.74) is -3.98. The van der Waals surface area contributed by atoms with Gasteiger partial charge in [0, 0.05) is 0 Å². The lowest BCUT2D eigenvalue weighted by atomic mass is 10.3. The summed E-state index contributed by atoms with van der Waals surface area (Å²) in [7, 11) is -5.66. The maximum absolute atomic E-state index is 12.1. The first-order valence-electron chi connectivity index (χ1n) is 4.14. The van der Waals surface area contributed by atoms with Gasteiger partial charge < -0.3 is 4.18 Å². The second-order valence-corrected chi connectivity index (χ2v) is 5.36. The lowest BCUT2D eigenvalue weighted by Crippen LogP contribution is -2.28. The number of fused-ring (bicyclic) bond motifs is 1. The van der Waals surface area contributed by atoms with Crippen molar-refractivity contribution >= 4 is 31.7 Å². The van der Waals surface area contributed by atoms with Crippen molar-refractivity contribution in [3.63, 3.8) is 0 Å². The van der Waals surface area contributed by atoms with Gasteiger partial charge in [-0.15, -0.1) is 11.3 Å². The van der Waals surface area contributed by atoms with Crippen LogP contribution in [0.15, 0.2) is 23.7 Å². The normalized spacial score (nSPS) is 12.9. The number of halogens is 3. The average molecular weight is 283 g/mol. The van der Waals surface area contributed by atoms with Gasteiger partial charge in [-0.05, 0) is 12.1 Å². The number of alkyl halides is 3. The van der Waals surface area contributed by atoms with E-state index in [0.29, 0.717) is 4.70 Å². The van der Waals surface area contributed by atoms with Crippen LogP contribution in [0.1, 0.15) is 0 Å². The molecule has 0 aliphatic carbocycles. The molecule has 0 aliphatic heterocycles. The Morgan fingerprint density at radius 2 is 2.00 bits per heavy atom. The zero-order valence-electron chi connectivity index (χ0n) is 7.93. The monoisotopic (exact) mass is 283 g/mol. The van der Waals surface area contributed by atoms with Gasteiger partial charge in [-0.1, -0.05) is 6.07 Å². The molecule has 0 N–H and O–H groups in total. The highest BCUT2D eigenvalue weighted by molar-refractivity contribution is 7.88. The molecule has 0 amide bonds. The van der Waals surface area contributed by atoms with Crippen LogP contribution in [0, 0.1) is 0 Å². The first-order chi connectivity index (χ1) is 7.81. The minimum Gasteiger partial charge on any atom is -0.374 e. The van der Waals surface area contributed by atoms with Gasteiger partial charge in [-0.3, -0.25) is 0 Å². The largest absolute Gasteiger partial charge is 0.534 e. The highest BCUT2D eigenvalue weighted by Gasteiger charge is 2.48. The summed E-state index contributed by atoms with van der Waals surface area (Å²) >= 11 is 1.17. The molecule has 17 heavy (non-hydrogen) atoms. The summed E-state index contributed by atoms with van der Waals surface area (Å²) in [6.07, 6.45) is 0. The van der Waals surface area contributed by atoms with Gasteiger partial charge in [0.05, 0.1) is 10.2 Å². The molecule has 0 unspecified atom stereocenters. The summed E-state index contributed by atoms with van der Waals surface area (Å²) in [6.45, 7) is 0. The Balaban J connectivity index is 2.47. The van der Waals surface area contributed by atoms with Crippen molar-refractivity contribution in [3.8, 4) is 5.75 Å². The highest BCUT2D eigenvalue weighted by Crippen LogP contribution is 2.32. The maximum atomic E-state index is 12.1. The fraction of sp³-hybridized carbons (Fsp3) is 0.125. The van der Waals surface area contributed by atoms with E-state index in [9.17, 15) is 21.6 Å². The van der Waals surface area contributed by atoms with Crippen LogP contribution >= 0.6 is 11.3 Å². The van der Waals surface area contributed by atoms with Crippen LogP contribution < -0.4 is 4.18 Å². The van der Waals surface area contributed by atoms with Crippen molar-refractivity contribution in [1.29, 1.82) is 0 Å². The number of aromatic nitrogens is 1. The van der Waals surface area contributed by atoms with Gasteiger partial charge in [0.2, 0.25) is 0 Å². The van der Waals surface area contributed by atoms with Crippen molar-refractivity contribution in [2.24, 2.45) is 0 Å². The minimum absolute atomic E-state index is 0.0883. The van der Waals surface area contributed by atoms with Crippen LogP contribution in [0.2, 0.25) is 0 Å². The van der Waals surface area contributed by atoms with E-state index in [1.54, 1.807) is 6.07 Å². The standard InChI is InChI=1S/C8H4F3NO3S2/c9-8(10,11)17(13,14)15-5-2-1-3-6-7(5)12-4-16-6/h1-4H. The third kappa shape index (κ3) is 2.20. The van der Waals surface area contributed by atoms with Crippen LogP contribution in [0.4, 0.5) is 13.2 Å². The first kappa shape index (κ1) is 12.1. The SMILES string of the molecule is O=S(=O)(Oc1cccc2scnc12)C(F)(F)F. The van der Waals surface area contributed by atoms with E-state index in [4.69, 9.17) is 0 Å². The Morgan fingerprint density at radius 3 is 2.65 bits per heavy atom. The molecule has 0 spiro atoms. The van der Waals surface area contributed by atoms with Crippen molar-refractivity contribution in [2.45, 2.75) is 5.51 Å². The number of rotatable bonds is 2. The molecule has 0 atom stereocenters. The number of hydrogen-bond acceptors (Lipinski definition) is 5. The molecule has 9 heteroatoms. The van der Waals surface area contributed by atoms with Gasteiger partial charge in [0.15, 0.2) is 5.75 Å². The summed E-state index contributed by atoms with van der Waals surface area (Å²) in [4.78, 5) is 3.75. The molecule has 2 rings (SSSR count). The third-order valence-electron chi connectivity index (χ3n) is 1.81. The Hall–Kier alpha value is -1.35. The Morgan fingerprint density at radius 1 is 1.29 bits per heavy atom. The predicted molar refractivity (Wildman–Crippen MR) is 55.2 cm³/mol. The molecule has 0 saturated carbocycles. The van der Waals surface area contributed by atoms with Crippen molar-refractivity contribution in [2.75, 3.05) is 0 Å². The Bertz CT molecular complexity index is 647. The molecule has 92 valence electrons. The van der Waals surface area contributed by atoms with Gasteiger partial charge in [-0.2, -0.15) is 21.6 Å². The Kier molecular flexibility index (Phi) is 2.74. The van der Waals surface area contributed by atoms with Crippen molar-refractivity contribution in [1.82, 2.24) is 4.98 Å². The van der Waals surface area contributed by atoms with Crippen molar-refractivity contribution in [3.05, 3.63) is 23.7 Å². The average Bonchev–Trinajstić information content (AvgIpc) is 2.64. The number of thiazole rings is 1.